The second-order valence-corrected chi connectivity index (χ2v) is 6.50. The zero-order valence-electron chi connectivity index (χ0n) is 11.4. The molecule has 1 saturated heterocycles. The van der Waals surface area contributed by atoms with Crippen molar-refractivity contribution in [2.24, 2.45) is 5.92 Å². The highest BCUT2D eigenvalue weighted by molar-refractivity contribution is 5.02. The molecule has 3 heteroatoms. The summed E-state index contributed by atoms with van der Waals surface area (Å²) in [6.07, 6.45) is 10.8. The van der Waals surface area contributed by atoms with E-state index in [1.54, 1.807) is 0 Å². The normalized spacial score (nSPS) is 45.5. The van der Waals surface area contributed by atoms with Crippen molar-refractivity contribution >= 4 is 0 Å². The summed E-state index contributed by atoms with van der Waals surface area (Å²) in [6.45, 7) is 1.74. The van der Waals surface area contributed by atoms with Gasteiger partial charge in [0.2, 0.25) is 0 Å². The maximum absolute atomic E-state index is 11.1. The first-order chi connectivity index (χ1) is 8.79. The van der Waals surface area contributed by atoms with E-state index >= 15 is 0 Å². The van der Waals surface area contributed by atoms with Crippen molar-refractivity contribution in [3.8, 4) is 0 Å². The minimum absolute atomic E-state index is 0.309. The lowest BCUT2D eigenvalue weighted by Gasteiger charge is -2.50. The molecule has 4 atom stereocenters. The fourth-order valence-electron chi connectivity index (χ4n) is 4.31. The fraction of sp³-hybridized carbons (Fsp3) is 1.00. The smallest absolute Gasteiger partial charge is 0.0828 e. The van der Waals surface area contributed by atoms with Crippen molar-refractivity contribution < 1.29 is 9.84 Å². The van der Waals surface area contributed by atoms with Crippen LogP contribution >= 0.6 is 0 Å². The largest absolute Gasteiger partial charge is 0.388 e. The Kier molecular flexibility index (Phi) is 3.92. The van der Waals surface area contributed by atoms with E-state index in [-0.39, 0.29) is 0 Å². The summed E-state index contributed by atoms with van der Waals surface area (Å²) in [5.41, 5.74) is -0.423. The topological polar surface area (TPSA) is 41.5 Å². The molecule has 1 heterocycles. The van der Waals surface area contributed by atoms with Crippen LogP contribution in [0.25, 0.3) is 0 Å². The molecular formula is C15H27NO2. The van der Waals surface area contributed by atoms with Gasteiger partial charge in [0.15, 0.2) is 0 Å². The highest BCUT2D eigenvalue weighted by atomic mass is 16.5. The third-order valence-electron chi connectivity index (χ3n) is 5.33. The summed E-state index contributed by atoms with van der Waals surface area (Å²) in [4.78, 5) is 0. The van der Waals surface area contributed by atoms with Crippen molar-refractivity contribution in [2.75, 3.05) is 13.2 Å². The van der Waals surface area contributed by atoms with E-state index < -0.39 is 5.60 Å². The first-order valence-corrected chi connectivity index (χ1v) is 7.85. The van der Waals surface area contributed by atoms with Crippen LogP contribution in [0, 0.1) is 5.92 Å². The van der Waals surface area contributed by atoms with E-state index in [1.807, 2.05) is 0 Å². The van der Waals surface area contributed by atoms with Crippen molar-refractivity contribution in [2.45, 2.75) is 75.5 Å². The summed E-state index contributed by atoms with van der Waals surface area (Å²) in [5.74, 6) is 0.544. The molecule has 3 aliphatic rings. The Labute approximate surface area is 110 Å². The SMILES string of the molecule is OC12CCCC[C@@H]1CCCC2NC1CCCOC1. The van der Waals surface area contributed by atoms with Gasteiger partial charge in [0.05, 0.1) is 12.2 Å². The fourth-order valence-corrected chi connectivity index (χ4v) is 4.31. The first kappa shape index (κ1) is 12.9. The summed E-state index contributed by atoms with van der Waals surface area (Å²) in [6, 6.07) is 0.775. The van der Waals surface area contributed by atoms with Crippen molar-refractivity contribution in [3.05, 3.63) is 0 Å². The molecule has 2 N–H and O–H groups in total. The molecule has 2 aliphatic carbocycles. The average molecular weight is 253 g/mol. The van der Waals surface area contributed by atoms with E-state index in [4.69, 9.17) is 4.74 Å². The lowest BCUT2D eigenvalue weighted by Crippen LogP contribution is -2.61. The minimum Gasteiger partial charge on any atom is -0.388 e. The zero-order chi connectivity index (χ0) is 12.4. The second kappa shape index (κ2) is 5.48. The van der Waals surface area contributed by atoms with Crippen LogP contribution in [0.5, 0.6) is 0 Å². The zero-order valence-corrected chi connectivity index (χ0v) is 11.4. The van der Waals surface area contributed by atoms with Gasteiger partial charge in [-0.25, -0.2) is 0 Å². The molecule has 0 amide bonds. The molecule has 0 aromatic rings. The number of hydrogen-bond donors (Lipinski definition) is 2. The number of rotatable bonds is 2. The van der Waals surface area contributed by atoms with E-state index in [9.17, 15) is 5.11 Å². The number of hydrogen-bond acceptors (Lipinski definition) is 3. The van der Waals surface area contributed by atoms with Crippen LogP contribution in [0.4, 0.5) is 0 Å². The number of nitrogens with one attached hydrogen (secondary N) is 1. The molecule has 0 spiro atoms. The molecule has 3 fully saturated rings. The van der Waals surface area contributed by atoms with Crippen LogP contribution in [0.3, 0.4) is 0 Å². The molecular weight excluding hydrogens is 226 g/mol. The summed E-state index contributed by atoms with van der Waals surface area (Å²) < 4.78 is 5.55. The molecule has 104 valence electrons. The third kappa shape index (κ3) is 2.45. The highest BCUT2D eigenvalue weighted by Crippen LogP contribution is 2.44. The Morgan fingerprint density at radius 3 is 2.72 bits per heavy atom. The third-order valence-corrected chi connectivity index (χ3v) is 5.33. The van der Waals surface area contributed by atoms with Gasteiger partial charge < -0.3 is 15.2 Å². The maximum Gasteiger partial charge on any atom is 0.0828 e. The highest BCUT2D eigenvalue weighted by Gasteiger charge is 2.47. The predicted molar refractivity (Wildman–Crippen MR) is 71.5 cm³/mol. The van der Waals surface area contributed by atoms with Gasteiger partial charge in [0.1, 0.15) is 0 Å². The molecule has 18 heavy (non-hydrogen) atoms. The molecule has 1 aliphatic heterocycles. The van der Waals surface area contributed by atoms with Gasteiger partial charge in [0.25, 0.3) is 0 Å². The van der Waals surface area contributed by atoms with Crippen LogP contribution in [-0.2, 0) is 4.74 Å². The maximum atomic E-state index is 11.1. The summed E-state index contributed by atoms with van der Waals surface area (Å²) in [5, 5.41) is 14.8. The Bertz CT molecular complexity index is 276. The van der Waals surface area contributed by atoms with Gasteiger partial charge in [-0.2, -0.15) is 0 Å². The number of ether oxygens (including phenoxy) is 1. The molecule has 2 saturated carbocycles. The molecule has 3 unspecified atom stereocenters. The molecule has 0 aromatic heterocycles. The molecule has 0 radical (unpaired) electrons. The molecule has 3 nitrogen and oxygen atoms in total. The second-order valence-electron chi connectivity index (χ2n) is 6.50. The number of aliphatic hydroxyl groups is 1. The monoisotopic (exact) mass is 253 g/mol. The van der Waals surface area contributed by atoms with Crippen LogP contribution in [0.15, 0.2) is 0 Å². The Hall–Kier alpha value is -0.120. The van der Waals surface area contributed by atoms with Crippen LogP contribution in [-0.4, -0.2) is 36.0 Å². The quantitative estimate of drug-likeness (QED) is 0.793. The summed E-state index contributed by atoms with van der Waals surface area (Å²) in [7, 11) is 0. The Morgan fingerprint density at radius 2 is 1.89 bits per heavy atom. The van der Waals surface area contributed by atoms with Gasteiger partial charge in [-0.15, -0.1) is 0 Å². The average Bonchev–Trinajstić information content (AvgIpc) is 2.41. The van der Waals surface area contributed by atoms with E-state index in [0.29, 0.717) is 18.0 Å². The van der Waals surface area contributed by atoms with Crippen LogP contribution in [0.1, 0.15) is 57.8 Å². The van der Waals surface area contributed by atoms with Crippen molar-refractivity contribution in [1.29, 1.82) is 0 Å². The standard InChI is InChI=1S/C15H27NO2/c17-15-9-2-1-5-12(15)6-3-8-14(15)16-13-7-4-10-18-11-13/h12-14,16-17H,1-11H2/t12-,13?,14?,15?/m1/s1. The lowest BCUT2D eigenvalue weighted by molar-refractivity contribution is -0.104. The van der Waals surface area contributed by atoms with Crippen molar-refractivity contribution in [1.82, 2.24) is 5.32 Å². The van der Waals surface area contributed by atoms with Gasteiger partial charge in [0, 0.05) is 18.7 Å². The van der Waals surface area contributed by atoms with E-state index in [1.165, 1.54) is 38.5 Å². The molecule has 0 bridgehead atoms. The molecule has 0 aromatic carbocycles. The Morgan fingerprint density at radius 1 is 1.00 bits per heavy atom. The van der Waals surface area contributed by atoms with Gasteiger partial charge in [-0.3, -0.25) is 0 Å². The molecule has 3 rings (SSSR count). The Balaban J connectivity index is 1.65. The predicted octanol–water partition coefficient (Wildman–Crippen LogP) is 2.23. The number of fused-ring (bicyclic) bond motifs is 1. The van der Waals surface area contributed by atoms with Crippen LogP contribution < -0.4 is 5.32 Å². The van der Waals surface area contributed by atoms with Crippen molar-refractivity contribution in [3.63, 3.8) is 0 Å². The minimum atomic E-state index is -0.423. The van der Waals surface area contributed by atoms with Gasteiger partial charge in [-0.1, -0.05) is 19.3 Å². The van der Waals surface area contributed by atoms with Gasteiger partial charge >= 0.3 is 0 Å². The van der Waals surface area contributed by atoms with Crippen LogP contribution in [0.2, 0.25) is 0 Å². The van der Waals surface area contributed by atoms with E-state index in [2.05, 4.69) is 5.32 Å². The van der Waals surface area contributed by atoms with Gasteiger partial charge in [-0.05, 0) is 44.4 Å². The summed E-state index contributed by atoms with van der Waals surface area (Å²) >= 11 is 0. The first-order valence-electron chi connectivity index (χ1n) is 7.85. The van der Waals surface area contributed by atoms with E-state index in [0.717, 1.165) is 32.5 Å². The lowest BCUT2D eigenvalue weighted by atomic mass is 9.64.